The molecule has 2 atom stereocenters. The van der Waals surface area contributed by atoms with Crippen LogP contribution in [0.15, 0.2) is 23.2 Å². The molecule has 1 unspecified atom stereocenters. The first-order chi connectivity index (χ1) is 14.8. The van der Waals surface area contributed by atoms with Gasteiger partial charge < -0.3 is 15.1 Å². The minimum atomic E-state index is -1.46. The minimum absolute atomic E-state index is 0.0714. The number of nitrogens with zero attached hydrogens (tertiary/aromatic N) is 4. The van der Waals surface area contributed by atoms with E-state index in [1.165, 1.54) is 9.80 Å². The fraction of sp³-hybridized carbons (Fsp3) is 0.450. The Labute approximate surface area is 183 Å². The van der Waals surface area contributed by atoms with Gasteiger partial charge in [-0.05, 0) is 37.3 Å². The number of benzene rings is 1. The predicted octanol–water partition coefficient (Wildman–Crippen LogP) is 0.802. The molecule has 0 spiro atoms. The summed E-state index contributed by atoms with van der Waals surface area (Å²) in [5.74, 6) is -0.844. The number of halogens is 1. The summed E-state index contributed by atoms with van der Waals surface area (Å²) in [6.07, 6.45) is 1.54. The molecule has 1 aromatic rings. The zero-order valence-corrected chi connectivity index (χ0v) is 17.4. The van der Waals surface area contributed by atoms with E-state index in [-0.39, 0.29) is 38.1 Å². The van der Waals surface area contributed by atoms with E-state index in [1.54, 1.807) is 23.1 Å². The van der Waals surface area contributed by atoms with Crippen molar-refractivity contribution in [3.05, 3.63) is 34.3 Å². The molecule has 5 rings (SSSR count). The lowest BCUT2D eigenvalue weighted by Gasteiger charge is -2.34. The highest BCUT2D eigenvalue weighted by Gasteiger charge is 2.57. The van der Waals surface area contributed by atoms with Crippen LogP contribution in [0.5, 0.6) is 0 Å². The Balaban J connectivity index is 1.42. The summed E-state index contributed by atoms with van der Waals surface area (Å²) < 4.78 is 0. The standard InChI is InChI=1S/C20H21ClN6O4/c1-22-20-5-2-6-27(20)18(31)26(11-20)10-19(16(29)23-17(30)24-19)9-25-8-12-3-4-13(21)7-14(12)15(25)28/h3-4,7H,1-2,5-6,8-11H2,(H2,23,24,29,30)/t19?,20-/m0/s1. The monoisotopic (exact) mass is 444 g/mol. The molecule has 0 aliphatic carbocycles. The van der Waals surface area contributed by atoms with Crippen molar-refractivity contribution in [2.75, 3.05) is 26.2 Å². The number of amides is 6. The van der Waals surface area contributed by atoms with Crippen molar-refractivity contribution < 1.29 is 19.2 Å². The van der Waals surface area contributed by atoms with Crippen molar-refractivity contribution >= 4 is 42.2 Å². The first kappa shape index (κ1) is 19.8. The molecular formula is C20H21ClN6O4. The number of hydrogen-bond acceptors (Lipinski definition) is 5. The number of aliphatic imine (C=N–C) groups is 1. The fourth-order valence-corrected chi connectivity index (χ4v) is 5.27. The van der Waals surface area contributed by atoms with Crippen LogP contribution in [-0.4, -0.2) is 82.7 Å². The molecular weight excluding hydrogens is 424 g/mol. The Morgan fingerprint density at radius 2 is 1.94 bits per heavy atom. The summed E-state index contributed by atoms with van der Waals surface area (Å²) >= 11 is 6.02. The number of rotatable bonds is 5. The molecule has 10 nitrogen and oxygen atoms in total. The maximum absolute atomic E-state index is 13.0. The Kier molecular flexibility index (Phi) is 4.27. The van der Waals surface area contributed by atoms with Crippen LogP contribution in [0.2, 0.25) is 5.02 Å². The number of nitrogens with one attached hydrogen (secondary N) is 2. The number of hydrogen-bond donors (Lipinski definition) is 2. The second kappa shape index (κ2) is 6.68. The fourth-order valence-electron chi connectivity index (χ4n) is 5.10. The lowest BCUT2D eigenvalue weighted by atomic mass is 9.97. The molecule has 11 heteroatoms. The molecule has 31 heavy (non-hydrogen) atoms. The van der Waals surface area contributed by atoms with Crippen LogP contribution in [0.4, 0.5) is 9.59 Å². The van der Waals surface area contributed by atoms with Gasteiger partial charge in [0, 0.05) is 23.7 Å². The molecule has 4 aliphatic rings. The van der Waals surface area contributed by atoms with Crippen LogP contribution < -0.4 is 10.6 Å². The predicted molar refractivity (Wildman–Crippen MR) is 111 cm³/mol. The van der Waals surface area contributed by atoms with Crippen molar-refractivity contribution in [3.8, 4) is 0 Å². The molecule has 1 aromatic carbocycles. The van der Waals surface area contributed by atoms with Crippen LogP contribution in [0, 0.1) is 0 Å². The number of imide groups is 1. The smallest absolute Gasteiger partial charge is 0.322 e. The molecule has 0 aromatic heterocycles. The topological polar surface area (TPSA) is 114 Å². The third-order valence-corrected chi connectivity index (χ3v) is 6.82. The van der Waals surface area contributed by atoms with Gasteiger partial charge in [-0.2, -0.15) is 0 Å². The average molecular weight is 445 g/mol. The molecule has 0 bridgehead atoms. The summed E-state index contributed by atoms with van der Waals surface area (Å²) in [6.45, 7) is 4.65. The largest absolute Gasteiger partial charge is 0.331 e. The maximum Gasteiger partial charge on any atom is 0.322 e. The molecule has 2 N–H and O–H groups in total. The third-order valence-electron chi connectivity index (χ3n) is 6.59. The number of fused-ring (bicyclic) bond motifs is 2. The van der Waals surface area contributed by atoms with Gasteiger partial charge in [0.05, 0.1) is 19.6 Å². The average Bonchev–Trinajstić information content (AvgIpc) is 3.42. The van der Waals surface area contributed by atoms with E-state index in [2.05, 4.69) is 22.3 Å². The summed E-state index contributed by atoms with van der Waals surface area (Å²) in [4.78, 5) is 59.8. The van der Waals surface area contributed by atoms with Crippen LogP contribution in [0.3, 0.4) is 0 Å². The maximum atomic E-state index is 13.0. The molecule has 3 saturated heterocycles. The van der Waals surface area contributed by atoms with Gasteiger partial charge >= 0.3 is 12.1 Å². The van der Waals surface area contributed by atoms with Gasteiger partial charge in [-0.15, -0.1) is 0 Å². The Morgan fingerprint density at radius 1 is 1.16 bits per heavy atom. The summed E-state index contributed by atoms with van der Waals surface area (Å²) in [7, 11) is 0. The van der Waals surface area contributed by atoms with Crippen molar-refractivity contribution in [2.45, 2.75) is 30.6 Å². The van der Waals surface area contributed by atoms with Crippen LogP contribution in [-0.2, 0) is 11.3 Å². The second-order valence-corrected chi connectivity index (χ2v) is 8.92. The molecule has 162 valence electrons. The SMILES string of the molecule is C=N[C@@]12CCCN1C(=O)N(CC1(CN3Cc4ccc(Cl)cc4C3=O)NC(=O)NC1=O)C2. The first-order valence-corrected chi connectivity index (χ1v) is 10.4. The van der Waals surface area contributed by atoms with Gasteiger partial charge in [-0.25, -0.2) is 9.59 Å². The van der Waals surface area contributed by atoms with E-state index in [0.29, 0.717) is 23.6 Å². The number of urea groups is 2. The van der Waals surface area contributed by atoms with Gasteiger partial charge in [-0.3, -0.25) is 24.8 Å². The Bertz CT molecular complexity index is 1050. The summed E-state index contributed by atoms with van der Waals surface area (Å²) in [5, 5.41) is 5.37. The quantitative estimate of drug-likeness (QED) is 0.516. The van der Waals surface area contributed by atoms with Crippen molar-refractivity contribution in [2.24, 2.45) is 4.99 Å². The number of carbonyl (C=O) groups excluding carboxylic acids is 4. The lowest BCUT2D eigenvalue weighted by molar-refractivity contribution is -0.124. The summed E-state index contributed by atoms with van der Waals surface area (Å²) in [6, 6.07) is 4.17. The molecule has 6 amide bonds. The molecule has 4 aliphatic heterocycles. The molecule has 0 saturated carbocycles. The highest BCUT2D eigenvalue weighted by atomic mass is 35.5. The normalized spacial score (nSPS) is 29.4. The first-order valence-electron chi connectivity index (χ1n) is 10.0. The second-order valence-electron chi connectivity index (χ2n) is 8.49. The highest BCUT2D eigenvalue weighted by molar-refractivity contribution is 6.31. The zero-order valence-electron chi connectivity index (χ0n) is 16.7. The third kappa shape index (κ3) is 2.88. The molecule has 3 fully saturated rings. The molecule has 0 radical (unpaired) electrons. The van der Waals surface area contributed by atoms with E-state index in [0.717, 1.165) is 12.0 Å². The van der Waals surface area contributed by atoms with Crippen LogP contribution in [0.25, 0.3) is 0 Å². The van der Waals surface area contributed by atoms with E-state index in [9.17, 15) is 19.2 Å². The lowest BCUT2D eigenvalue weighted by Crippen LogP contribution is -2.62. The van der Waals surface area contributed by atoms with E-state index in [1.807, 2.05) is 0 Å². The van der Waals surface area contributed by atoms with Crippen molar-refractivity contribution in [1.82, 2.24) is 25.3 Å². The van der Waals surface area contributed by atoms with E-state index >= 15 is 0 Å². The van der Waals surface area contributed by atoms with Gasteiger partial charge in [0.15, 0.2) is 11.2 Å². The Morgan fingerprint density at radius 3 is 2.61 bits per heavy atom. The zero-order chi connectivity index (χ0) is 22.0. The van der Waals surface area contributed by atoms with Crippen LogP contribution >= 0.6 is 11.6 Å². The van der Waals surface area contributed by atoms with Gasteiger partial charge in [0.1, 0.15) is 0 Å². The Hall–Kier alpha value is -3.14. The van der Waals surface area contributed by atoms with Gasteiger partial charge in [-0.1, -0.05) is 17.7 Å². The molecule has 4 heterocycles. The minimum Gasteiger partial charge on any atom is -0.331 e. The van der Waals surface area contributed by atoms with E-state index in [4.69, 9.17) is 11.6 Å². The van der Waals surface area contributed by atoms with Gasteiger partial charge in [0.2, 0.25) is 0 Å². The number of carbonyl (C=O) groups is 4. The van der Waals surface area contributed by atoms with E-state index < -0.39 is 23.1 Å². The van der Waals surface area contributed by atoms with Gasteiger partial charge in [0.25, 0.3) is 11.8 Å². The van der Waals surface area contributed by atoms with Crippen molar-refractivity contribution in [3.63, 3.8) is 0 Å². The van der Waals surface area contributed by atoms with Crippen molar-refractivity contribution in [1.29, 1.82) is 0 Å². The van der Waals surface area contributed by atoms with Crippen LogP contribution in [0.1, 0.15) is 28.8 Å². The summed E-state index contributed by atoms with van der Waals surface area (Å²) in [5.41, 5.74) is -0.897. The highest BCUT2D eigenvalue weighted by Crippen LogP contribution is 2.38.